The minimum atomic E-state index is -0.343. The molecule has 0 N–H and O–H groups in total. The number of carbonyl (C=O) groups excluding carboxylic acids is 2. The summed E-state index contributed by atoms with van der Waals surface area (Å²) in [6.07, 6.45) is 6.04. The number of amides is 2. The fourth-order valence-corrected chi connectivity index (χ4v) is 5.66. The molecule has 1 saturated carbocycles. The number of aryl methyl sites for hydroxylation is 2. The molecule has 35 heavy (non-hydrogen) atoms. The summed E-state index contributed by atoms with van der Waals surface area (Å²) in [6, 6.07) is 13.2. The van der Waals surface area contributed by atoms with E-state index in [1.807, 2.05) is 79.2 Å². The number of aromatic nitrogens is 2. The standard InChI is InChI=1S/C28H32N4O3/c1-5-35-28(34)32-25-17-20(4)19(3)16-24(25)31(23-13-8-10-18(2)26(23)32)27(33)21-11-6-7-12-22(21)30-15-9-14-29-30/h6-7,9,11-12,14-18,23,26H,5,8,10,13H2,1-4H3. The van der Waals surface area contributed by atoms with Gasteiger partial charge in [0.2, 0.25) is 0 Å². The highest BCUT2D eigenvalue weighted by atomic mass is 16.6. The molecule has 2 aromatic carbocycles. The van der Waals surface area contributed by atoms with Crippen molar-refractivity contribution in [1.82, 2.24) is 9.78 Å². The highest BCUT2D eigenvalue weighted by Crippen LogP contribution is 2.47. The molecular weight excluding hydrogens is 440 g/mol. The lowest BCUT2D eigenvalue weighted by molar-refractivity contribution is 0.0948. The average Bonchev–Trinajstić information content (AvgIpc) is 3.39. The van der Waals surface area contributed by atoms with Crippen LogP contribution in [0.4, 0.5) is 16.2 Å². The summed E-state index contributed by atoms with van der Waals surface area (Å²) < 4.78 is 7.25. The van der Waals surface area contributed by atoms with E-state index in [2.05, 4.69) is 12.0 Å². The van der Waals surface area contributed by atoms with Crippen LogP contribution in [0.15, 0.2) is 54.9 Å². The Morgan fingerprint density at radius 1 is 1.00 bits per heavy atom. The molecule has 1 fully saturated rings. The third kappa shape index (κ3) is 3.89. The van der Waals surface area contributed by atoms with Crippen LogP contribution in [0, 0.1) is 19.8 Å². The largest absolute Gasteiger partial charge is 0.449 e. The van der Waals surface area contributed by atoms with Gasteiger partial charge < -0.3 is 9.64 Å². The second-order valence-electron chi connectivity index (χ2n) is 9.60. The van der Waals surface area contributed by atoms with E-state index in [-0.39, 0.29) is 30.0 Å². The molecule has 0 spiro atoms. The minimum absolute atomic E-state index is 0.0757. The molecule has 1 aliphatic heterocycles. The van der Waals surface area contributed by atoms with Gasteiger partial charge in [-0.25, -0.2) is 9.48 Å². The van der Waals surface area contributed by atoms with Crippen LogP contribution in [0.25, 0.3) is 5.69 Å². The first-order valence-corrected chi connectivity index (χ1v) is 12.4. The SMILES string of the molecule is CCOC(=O)N1c2cc(C)c(C)cc2N(C(=O)c2ccccc2-n2cccn2)C2CCCC(C)C21. The number of nitrogens with zero attached hydrogens (tertiary/aromatic N) is 4. The highest BCUT2D eigenvalue weighted by molar-refractivity contribution is 6.12. The third-order valence-electron chi connectivity index (χ3n) is 7.45. The number of benzene rings is 2. The van der Waals surface area contributed by atoms with E-state index in [1.54, 1.807) is 10.9 Å². The summed E-state index contributed by atoms with van der Waals surface area (Å²) in [5.74, 6) is 0.151. The second-order valence-corrected chi connectivity index (χ2v) is 9.60. The Morgan fingerprint density at radius 2 is 1.71 bits per heavy atom. The maximum Gasteiger partial charge on any atom is 0.414 e. The van der Waals surface area contributed by atoms with Gasteiger partial charge in [-0.15, -0.1) is 0 Å². The predicted molar refractivity (Wildman–Crippen MR) is 136 cm³/mol. The molecule has 2 amide bonds. The second kappa shape index (κ2) is 9.21. The summed E-state index contributed by atoms with van der Waals surface area (Å²) in [7, 11) is 0. The molecule has 3 atom stereocenters. The number of rotatable bonds is 3. The fourth-order valence-electron chi connectivity index (χ4n) is 5.66. The van der Waals surface area contributed by atoms with Crippen molar-refractivity contribution in [3.63, 3.8) is 0 Å². The van der Waals surface area contributed by atoms with Gasteiger partial charge in [-0.1, -0.05) is 25.5 Å². The number of para-hydroxylation sites is 1. The molecule has 0 saturated heterocycles. The maximum atomic E-state index is 14.4. The third-order valence-corrected chi connectivity index (χ3v) is 7.45. The maximum absolute atomic E-state index is 14.4. The molecule has 3 unspecified atom stereocenters. The van der Waals surface area contributed by atoms with E-state index in [9.17, 15) is 9.59 Å². The van der Waals surface area contributed by atoms with Crippen LogP contribution in [0.3, 0.4) is 0 Å². The molecule has 7 heteroatoms. The molecule has 1 aliphatic carbocycles. The minimum Gasteiger partial charge on any atom is -0.449 e. The van der Waals surface area contributed by atoms with Gasteiger partial charge in [-0.05, 0) is 81.0 Å². The Balaban J connectivity index is 1.71. The number of hydrogen-bond acceptors (Lipinski definition) is 4. The lowest BCUT2D eigenvalue weighted by Crippen LogP contribution is -2.63. The summed E-state index contributed by atoms with van der Waals surface area (Å²) in [4.78, 5) is 31.5. The normalized spacial score (nSPS) is 21.3. The van der Waals surface area contributed by atoms with Gasteiger partial charge in [0.05, 0.1) is 41.3 Å². The predicted octanol–water partition coefficient (Wildman–Crippen LogP) is 5.67. The molecule has 0 bridgehead atoms. The summed E-state index contributed by atoms with van der Waals surface area (Å²) in [5.41, 5.74) is 4.98. The van der Waals surface area contributed by atoms with Crippen LogP contribution in [0.2, 0.25) is 0 Å². The van der Waals surface area contributed by atoms with Crippen molar-refractivity contribution < 1.29 is 14.3 Å². The Bertz CT molecular complexity index is 1250. The van der Waals surface area contributed by atoms with Crippen molar-refractivity contribution in [1.29, 1.82) is 0 Å². The molecule has 182 valence electrons. The zero-order valence-corrected chi connectivity index (χ0v) is 20.8. The van der Waals surface area contributed by atoms with Gasteiger partial charge >= 0.3 is 6.09 Å². The molecule has 2 heterocycles. The fraction of sp³-hybridized carbons (Fsp3) is 0.393. The Labute approximate surface area is 206 Å². The van der Waals surface area contributed by atoms with E-state index in [4.69, 9.17) is 4.74 Å². The van der Waals surface area contributed by atoms with Gasteiger partial charge in [0.15, 0.2) is 0 Å². The van der Waals surface area contributed by atoms with Crippen molar-refractivity contribution in [2.45, 2.75) is 59.0 Å². The number of fused-ring (bicyclic) bond motifs is 2. The first-order valence-electron chi connectivity index (χ1n) is 12.4. The Hall–Kier alpha value is -3.61. The van der Waals surface area contributed by atoms with Crippen LogP contribution < -0.4 is 9.80 Å². The van der Waals surface area contributed by atoms with Gasteiger partial charge in [-0.3, -0.25) is 9.69 Å². The van der Waals surface area contributed by atoms with E-state index >= 15 is 0 Å². The number of ether oxygens (including phenoxy) is 1. The molecule has 7 nitrogen and oxygen atoms in total. The van der Waals surface area contributed by atoms with Gasteiger partial charge in [0.25, 0.3) is 5.91 Å². The summed E-state index contributed by atoms with van der Waals surface area (Å²) in [6.45, 7) is 8.39. The molecule has 1 aromatic heterocycles. The van der Waals surface area contributed by atoms with Gasteiger partial charge in [0, 0.05) is 12.4 Å². The van der Waals surface area contributed by atoms with Crippen molar-refractivity contribution in [2.24, 2.45) is 5.92 Å². The van der Waals surface area contributed by atoms with Crippen molar-refractivity contribution in [3.8, 4) is 5.69 Å². The lowest BCUT2D eigenvalue weighted by atomic mass is 9.78. The number of carbonyl (C=O) groups is 2. The summed E-state index contributed by atoms with van der Waals surface area (Å²) >= 11 is 0. The van der Waals surface area contributed by atoms with Crippen molar-refractivity contribution >= 4 is 23.4 Å². The van der Waals surface area contributed by atoms with E-state index in [0.717, 1.165) is 47.5 Å². The Kier molecular flexibility index (Phi) is 6.09. The van der Waals surface area contributed by atoms with Crippen molar-refractivity contribution in [3.05, 3.63) is 71.5 Å². The zero-order valence-electron chi connectivity index (χ0n) is 20.8. The summed E-state index contributed by atoms with van der Waals surface area (Å²) in [5, 5.41) is 4.37. The molecule has 5 rings (SSSR count). The topological polar surface area (TPSA) is 67.7 Å². The lowest BCUT2D eigenvalue weighted by Gasteiger charge is -2.52. The Morgan fingerprint density at radius 3 is 2.40 bits per heavy atom. The number of anilines is 2. The van der Waals surface area contributed by atoms with Crippen LogP contribution >= 0.6 is 0 Å². The quantitative estimate of drug-likeness (QED) is 0.493. The van der Waals surface area contributed by atoms with Crippen LogP contribution in [-0.2, 0) is 4.74 Å². The first kappa shape index (κ1) is 23.1. The van der Waals surface area contributed by atoms with E-state index in [0.29, 0.717) is 12.2 Å². The van der Waals surface area contributed by atoms with Gasteiger partial charge in [0.1, 0.15) is 0 Å². The average molecular weight is 473 g/mol. The van der Waals surface area contributed by atoms with Crippen LogP contribution in [-0.4, -0.2) is 40.5 Å². The van der Waals surface area contributed by atoms with E-state index < -0.39 is 0 Å². The molecule has 3 aromatic rings. The van der Waals surface area contributed by atoms with E-state index in [1.165, 1.54) is 0 Å². The molecule has 2 aliphatic rings. The van der Waals surface area contributed by atoms with Gasteiger partial charge in [-0.2, -0.15) is 5.10 Å². The monoisotopic (exact) mass is 472 g/mol. The molecule has 0 radical (unpaired) electrons. The van der Waals surface area contributed by atoms with Crippen LogP contribution in [0.1, 0.15) is 54.6 Å². The number of hydrogen-bond donors (Lipinski definition) is 0. The van der Waals surface area contributed by atoms with Crippen LogP contribution in [0.5, 0.6) is 0 Å². The zero-order chi connectivity index (χ0) is 24.7. The first-order chi connectivity index (χ1) is 16.9. The highest BCUT2D eigenvalue weighted by Gasteiger charge is 2.49. The smallest absolute Gasteiger partial charge is 0.414 e. The van der Waals surface area contributed by atoms with Crippen molar-refractivity contribution in [2.75, 3.05) is 16.4 Å². The molecular formula is C28H32N4O3.